The fourth-order valence-corrected chi connectivity index (χ4v) is 4.62. The van der Waals surface area contributed by atoms with Gasteiger partial charge in [0.1, 0.15) is 0 Å². The molecule has 0 aromatic heterocycles. The number of rotatable bonds is 2. The van der Waals surface area contributed by atoms with Gasteiger partial charge in [0.2, 0.25) is 0 Å². The summed E-state index contributed by atoms with van der Waals surface area (Å²) >= 11 is 4.41. The molecule has 2 nitrogen and oxygen atoms in total. The van der Waals surface area contributed by atoms with Crippen molar-refractivity contribution in [2.45, 2.75) is 29.9 Å². The van der Waals surface area contributed by atoms with E-state index in [1.165, 1.54) is 6.26 Å². The highest BCUT2D eigenvalue weighted by atomic mass is 32.2. The van der Waals surface area contributed by atoms with Crippen LogP contribution in [-0.4, -0.2) is 14.7 Å². The van der Waals surface area contributed by atoms with E-state index < -0.39 is 9.84 Å². The van der Waals surface area contributed by atoms with E-state index in [9.17, 15) is 8.42 Å². The summed E-state index contributed by atoms with van der Waals surface area (Å²) in [6.07, 6.45) is 3.06. The van der Waals surface area contributed by atoms with Crippen molar-refractivity contribution in [3.63, 3.8) is 0 Å². The third-order valence-electron chi connectivity index (χ3n) is 3.37. The highest BCUT2D eigenvalue weighted by molar-refractivity contribution is 7.91. The second-order valence-electron chi connectivity index (χ2n) is 4.47. The van der Waals surface area contributed by atoms with Crippen molar-refractivity contribution < 1.29 is 8.42 Å². The molecule has 0 N–H and O–H groups in total. The van der Waals surface area contributed by atoms with Crippen LogP contribution in [-0.2, 0) is 16.3 Å². The predicted molar refractivity (Wildman–Crippen MR) is 68.8 cm³/mol. The van der Waals surface area contributed by atoms with Gasteiger partial charge in [-0.3, -0.25) is 0 Å². The van der Waals surface area contributed by atoms with Crippen LogP contribution >= 0.6 is 12.6 Å². The van der Waals surface area contributed by atoms with Crippen LogP contribution in [0.15, 0.2) is 23.1 Å². The normalized spacial score (nSPS) is 24.4. The summed E-state index contributed by atoms with van der Waals surface area (Å²) in [7, 11) is -3.03. The van der Waals surface area contributed by atoms with Gasteiger partial charge in [0.25, 0.3) is 0 Å². The fourth-order valence-electron chi connectivity index (χ4n) is 2.64. The van der Waals surface area contributed by atoms with Crippen LogP contribution in [0, 0.1) is 5.92 Å². The van der Waals surface area contributed by atoms with Crippen LogP contribution in [0.4, 0.5) is 0 Å². The first-order valence-corrected chi connectivity index (χ1v) is 7.85. The van der Waals surface area contributed by atoms with Gasteiger partial charge in [0.15, 0.2) is 9.84 Å². The molecular weight excluding hydrogens is 240 g/mol. The van der Waals surface area contributed by atoms with Crippen LogP contribution in [0.5, 0.6) is 0 Å². The van der Waals surface area contributed by atoms with Crippen molar-refractivity contribution in [1.29, 1.82) is 0 Å². The first-order chi connectivity index (χ1) is 7.45. The summed E-state index contributed by atoms with van der Waals surface area (Å²) in [6, 6.07) is 5.74. The zero-order valence-electron chi connectivity index (χ0n) is 9.47. The Kier molecular flexibility index (Phi) is 3.05. The van der Waals surface area contributed by atoms with Gasteiger partial charge in [-0.05, 0) is 29.5 Å². The first kappa shape index (κ1) is 12.0. The van der Waals surface area contributed by atoms with Gasteiger partial charge >= 0.3 is 0 Å². The fraction of sp³-hybridized carbons (Fsp3) is 0.500. The third-order valence-corrected chi connectivity index (χ3v) is 5.35. The number of hydrogen-bond donors (Lipinski definition) is 1. The van der Waals surface area contributed by atoms with Crippen molar-refractivity contribution >= 4 is 22.5 Å². The molecule has 1 aliphatic rings. The maximum absolute atomic E-state index is 11.9. The largest absolute Gasteiger partial charge is 0.228 e. The Labute approximate surface area is 102 Å². The second-order valence-corrected chi connectivity index (χ2v) is 7.12. The smallest absolute Gasteiger partial charge is 0.154 e. The summed E-state index contributed by atoms with van der Waals surface area (Å²) in [5.74, 6) is 0.207. The average molecular weight is 256 g/mol. The van der Waals surface area contributed by atoms with E-state index in [2.05, 4.69) is 12.6 Å². The van der Waals surface area contributed by atoms with Crippen LogP contribution in [0.1, 0.15) is 29.7 Å². The molecule has 1 aromatic rings. The molecule has 0 aliphatic heterocycles. The Bertz CT molecular complexity index is 506. The zero-order chi connectivity index (χ0) is 11.9. The highest BCUT2D eigenvalue weighted by Gasteiger charge is 2.38. The van der Waals surface area contributed by atoms with Gasteiger partial charge in [-0.25, -0.2) is 8.42 Å². The maximum Gasteiger partial charge on any atom is 0.154 e. The summed E-state index contributed by atoms with van der Waals surface area (Å²) < 4.78 is 23.7. The second kappa shape index (κ2) is 4.08. The molecule has 0 amide bonds. The molecule has 4 heteroatoms. The highest BCUT2D eigenvalue weighted by Crippen LogP contribution is 2.44. The van der Waals surface area contributed by atoms with E-state index in [1.807, 2.05) is 25.1 Å². The Morgan fingerprint density at radius 3 is 2.69 bits per heavy atom. The van der Waals surface area contributed by atoms with Crippen LogP contribution in [0.2, 0.25) is 0 Å². The van der Waals surface area contributed by atoms with Crippen LogP contribution in [0.25, 0.3) is 0 Å². The van der Waals surface area contributed by atoms with Gasteiger partial charge in [-0.15, -0.1) is 12.6 Å². The van der Waals surface area contributed by atoms with Crippen molar-refractivity contribution in [2.75, 3.05) is 6.26 Å². The monoisotopic (exact) mass is 256 g/mol. The molecule has 16 heavy (non-hydrogen) atoms. The molecule has 0 heterocycles. The lowest BCUT2D eigenvalue weighted by atomic mass is 10.0. The van der Waals surface area contributed by atoms with Gasteiger partial charge in [0, 0.05) is 11.2 Å². The number of thiol groups is 1. The van der Waals surface area contributed by atoms with Crippen molar-refractivity contribution in [3.05, 3.63) is 29.3 Å². The Hall–Kier alpha value is -0.480. The molecule has 2 unspecified atom stereocenters. The Balaban J connectivity index is 2.58. The Morgan fingerprint density at radius 2 is 2.12 bits per heavy atom. The summed E-state index contributed by atoms with van der Waals surface area (Å²) in [5.41, 5.74) is 2.08. The number of benzene rings is 1. The maximum atomic E-state index is 11.9. The lowest BCUT2D eigenvalue weighted by Gasteiger charge is -2.16. The minimum atomic E-state index is -3.03. The first-order valence-electron chi connectivity index (χ1n) is 5.44. The van der Waals surface area contributed by atoms with E-state index in [0.717, 1.165) is 28.9 Å². The van der Waals surface area contributed by atoms with Gasteiger partial charge < -0.3 is 0 Å². The molecule has 0 saturated heterocycles. The van der Waals surface area contributed by atoms with E-state index in [0.29, 0.717) is 0 Å². The SMILES string of the molecule is CCC1Cc2c(S)cccc2C1S(C)(=O)=O. The van der Waals surface area contributed by atoms with Crippen molar-refractivity contribution in [3.8, 4) is 0 Å². The van der Waals surface area contributed by atoms with E-state index in [4.69, 9.17) is 0 Å². The molecule has 0 bridgehead atoms. The molecule has 0 spiro atoms. The molecule has 2 atom stereocenters. The lowest BCUT2D eigenvalue weighted by molar-refractivity contribution is 0.498. The number of hydrogen-bond acceptors (Lipinski definition) is 3. The summed E-state index contributed by atoms with van der Waals surface area (Å²) in [6.45, 7) is 2.05. The van der Waals surface area contributed by atoms with E-state index in [1.54, 1.807) is 0 Å². The molecular formula is C12H16O2S2. The molecule has 2 rings (SSSR count). The molecule has 0 fully saturated rings. The standard InChI is InChI=1S/C12H16O2S2/c1-3-8-7-10-9(5-4-6-11(10)15)12(8)16(2,13)14/h4-6,8,12,15H,3,7H2,1-2H3. The molecule has 0 radical (unpaired) electrons. The van der Waals surface area contributed by atoms with Gasteiger partial charge in [-0.1, -0.05) is 25.5 Å². The predicted octanol–water partition coefficient (Wildman–Crippen LogP) is 2.64. The van der Waals surface area contributed by atoms with Crippen molar-refractivity contribution in [2.24, 2.45) is 5.92 Å². The minimum absolute atomic E-state index is 0.207. The summed E-state index contributed by atoms with van der Waals surface area (Å²) in [5, 5.41) is -0.334. The summed E-state index contributed by atoms with van der Waals surface area (Å²) in [4.78, 5) is 0.919. The van der Waals surface area contributed by atoms with Crippen LogP contribution in [0.3, 0.4) is 0 Å². The molecule has 88 valence electrons. The number of sulfone groups is 1. The van der Waals surface area contributed by atoms with Crippen LogP contribution < -0.4 is 0 Å². The minimum Gasteiger partial charge on any atom is -0.228 e. The molecule has 1 aromatic carbocycles. The van der Waals surface area contributed by atoms with E-state index >= 15 is 0 Å². The third kappa shape index (κ3) is 1.89. The zero-order valence-corrected chi connectivity index (χ0v) is 11.2. The topological polar surface area (TPSA) is 34.1 Å². The average Bonchev–Trinajstić information content (AvgIpc) is 2.57. The van der Waals surface area contributed by atoms with E-state index in [-0.39, 0.29) is 11.2 Å². The number of fused-ring (bicyclic) bond motifs is 1. The molecule has 1 aliphatic carbocycles. The van der Waals surface area contributed by atoms with Crippen molar-refractivity contribution in [1.82, 2.24) is 0 Å². The van der Waals surface area contributed by atoms with Gasteiger partial charge in [0.05, 0.1) is 5.25 Å². The molecule has 0 saturated carbocycles. The van der Waals surface area contributed by atoms with Gasteiger partial charge in [-0.2, -0.15) is 0 Å². The lowest BCUT2D eigenvalue weighted by Crippen LogP contribution is -2.16. The Morgan fingerprint density at radius 1 is 1.44 bits per heavy atom. The quantitative estimate of drug-likeness (QED) is 0.825.